The summed E-state index contributed by atoms with van der Waals surface area (Å²) in [6.07, 6.45) is 0.827. The summed E-state index contributed by atoms with van der Waals surface area (Å²) in [5.41, 5.74) is 2.17. The second-order valence-corrected chi connectivity index (χ2v) is 5.91. The van der Waals surface area contributed by atoms with E-state index in [1.54, 1.807) is 9.25 Å². The van der Waals surface area contributed by atoms with E-state index in [-0.39, 0.29) is 17.3 Å². The maximum Gasteiger partial charge on any atom is 0.343 e. The van der Waals surface area contributed by atoms with Crippen molar-refractivity contribution in [2.24, 2.45) is 7.05 Å². The lowest BCUT2D eigenvalue weighted by molar-refractivity contribution is -0.113. The van der Waals surface area contributed by atoms with Crippen LogP contribution in [0.15, 0.2) is 9.95 Å². The average molecular weight is 324 g/mol. The van der Waals surface area contributed by atoms with Crippen LogP contribution in [0.25, 0.3) is 0 Å². The third kappa shape index (κ3) is 3.41. The van der Waals surface area contributed by atoms with Crippen molar-refractivity contribution in [1.29, 1.82) is 0 Å². The van der Waals surface area contributed by atoms with Gasteiger partial charge in [0.25, 0.3) is 0 Å². The Morgan fingerprint density at radius 2 is 2.14 bits per heavy atom. The fourth-order valence-electron chi connectivity index (χ4n) is 2.09. The molecule has 22 heavy (non-hydrogen) atoms. The van der Waals surface area contributed by atoms with Gasteiger partial charge in [-0.05, 0) is 20.3 Å². The Kier molecular flexibility index (Phi) is 5.07. The number of aromatic nitrogens is 5. The minimum Gasteiger partial charge on any atom is -0.322 e. The third-order valence-corrected chi connectivity index (χ3v) is 4.25. The minimum atomic E-state index is -0.247. The Morgan fingerprint density at radius 3 is 2.73 bits per heavy atom. The number of nitrogens with one attached hydrogen (secondary N) is 2. The van der Waals surface area contributed by atoms with Crippen molar-refractivity contribution in [2.45, 2.75) is 38.9 Å². The number of carbonyl (C=O) groups excluding carboxylic acids is 1. The van der Waals surface area contributed by atoms with Gasteiger partial charge in [0.15, 0.2) is 5.16 Å². The number of rotatable bonds is 6. The molecule has 0 aliphatic carbocycles. The van der Waals surface area contributed by atoms with Crippen LogP contribution in [-0.4, -0.2) is 36.2 Å². The summed E-state index contributed by atoms with van der Waals surface area (Å²) >= 11 is 1.24. The van der Waals surface area contributed by atoms with Crippen LogP contribution in [0.1, 0.15) is 24.7 Å². The van der Waals surface area contributed by atoms with Gasteiger partial charge in [0.1, 0.15) is 0 Å². The molecule has 0 atom stereocenters. The van der Waals surface area contributed by atoms with Gasteiger partial charge in [0.2, 0.25) is 5.91 Å². The number of aromatic amines is 1. The van der Waals surface area contributed by atoms with Gasteiger partial charge in [-0.3, -0.25) is 14.0 Å². The number of hydrogen-bond donors (Lipinski definition) is 2. The van der Waals surface area contributed by atoms with E-state index in [0.717, 1.165) is 23.5 Å². The molecule has 0 unspecified atom stereocenters. The number of nitrogens with zero attached hydrogens (tertiary/aromatic N) is 4. The summed E-state index contributed by atoms with van der Waals surface area (Å²) in [5.74, 6) is 0.0320. The predicted molar refractivity (Wildman–Crippen MR) is 85.2 cm³/mol. The molecule has 8 nitrogen and oxygen atoms in total. The van der Waals surface area contributed by atoms with E-state index >= 15 is 0 Å². The predicted octanol–water partition coefficient (Wildman–Crippen LogP) is 1.06. The monoisotopic (exact) mass is 324 g/mol. The molecular weight excluding hydrogens is 304 g/mol. The Hall–Kier alpha value is -2.03. The Morgan fingerprint density at radius 1 is 1.41 bits per heavy atom. The van der Waals surface area contributed by atoms with Gasteiger partial charge in [-0.2, -0.15) is 5.10 Å². The maximum absolute atomic E-state index is 12.1. The fourth-order valence-corrected chi connectivity index (χ4v) is 2.87. The summed E-state index contributed by atoms with van der Waals surface area (Å²) in [4.78, 5) is 23.7. The Bertz CT molecular complexity index is 729. The molecule has 9 heteroatoms. The highest BCUT2D eigenvalue weighted by Gasteiger charge is 2.14. The van der Waals surface area contributed by atoms with E-state index in [0.29, 0.717) is 11.7 Å². The summed E-state index contributed by atoms with van der Waals surface area (Å²) in [7, 11) is 1.83. The molecule has 2 aromatic heterocycles. The topological polar surface area (TPSA) is 97.6 Å². The highest BCUT2D eigenvalue weighted by Crippen LogP contribution is 2.19. The van der Waals surface area contributed by atoms with E-state index in [4.69, 9.17) is 0 Å². The van der Waals surface area contributed by atoms with E-state index < -0.39 is 0 Å². The third-order valence-electron chi connectivity index (χ3n) is 3.28. The highest BCUT2D eigenvalue weighted by atomic mass is 32.2. The van der Waals surface area contributed by atoms with Gasteiger partial charge in [-0.1, -0.05) is 18.7 Å². The number of carbonyl (C=O) groups is 1. The number of hydrogen-bond acceptors (Lipinski definition) is 5. The smallest absolute Gasteiger partial charge is 0.322 e. The molecule has 0 saturated carbocycles. The van der Waals surface area contributed by atoms with Gasteiger partial charge in [0, 0.05) is 13.6 Å². The minimum absolute atomic E-state index is 0.150. The largest absolute Gasteiger partial charge is 0.343 e. The van der Waals surface area contributed by atoms with Gasteiger partial charge in [0.05, 0.1) is 22.8 Å². The first-order chi connectivity index (χ1) is 10.4. The lowest BCUT2D eigenvalue weighted by Crippen LogP contribution is -2.19. The van der Waals surface area contributed by atoms with Crippen molar-refractivity contribution in [1.82, 2.24) is 24.5 Å². The van der Waals surface area contributed by atoms with E-state index in [2.05, 4.69) is 20.6 Å². The van der Waals surface area contributed by atoms with Crippen LogP contribution in [0.5, 0.6) is 0 Å². The van der Waals surface area contributed by atoms with Crippen LogP contribution < -0.4 is 11.0 Å². The second kappa shape index (κ2) is 6.82. The number of H-pyrrole nitrogens is 1. The SMILES string of the molecule is CCCn1c(SCC(=O)Nc2c(C)nn(C)c2C)n[nH]c1=O. The van der Waals surface area contributed by atoms with Gasteiger partial charge < -0.3 is 5.32 Å². The zero-order valence-electron chi connectivity index (χ0n) is 13.1. The standard InChI is InChI=1S/C13H20N6O2S/c1-5-6-19-12(21)15-16-13(19)22-7-10(20)14-11-8(2)17-18(4)9(11)3/h5-7H2,1-4H3,(H,14,20)(H,15,21). The second-order valence-electron chi connectivity index (χ2n) is 4.97. The van der Waals surface area contributed by atoms with Gasteiger partial charge in [-0.15, -0.1) is 5.10 Å². The van der Waals surface area contributed by atoms with Crippen molar-refractivity contribution in [3.8, 4) is 0 Å². The molecule has 0 aromatic carbocycles. The summed E-state index contributed by atoms with van der Waals surface area (Å²) < 4.78 is 3.27. The number of anilines is 1. The van der Waals surface area contributed by atoms with Crippen molar-refractivity contribution in [3.63, 3.8) is 0 Å². The van der Waals surface area contributed by atoms with Crippen molar-refractivity contribution in [3.05, 3.63) is 21.9 Å². The zero-order valence-corrected chi connectivity index (χ0v) is 14.0. The molecule has 1 amide bonds. The highest BCUT2D eigenvalue weighted by molar-refractivity contribution is 7.99. The quantitative estimate of drug-likeness (QED) is 0.774. The molecule has 2 N–H and O–H groups in total. The summed E-state index contributed by atoms with van der Waals surface area (Å²) in [5, 5.41) is 14.0. The van der Waals surface area contributed by atoms with Gasteiger partial charge >= 0.3 is 5.69 Å². The fraction of sp³-hybridized carbons (Fsp3) is 0.538. The van der Waals surface area contributed by atoms with Crippen LogP contribution in [0, 0.1) is 13.8 Å². The molecule has 2 aromatic rings. The normalized spacial score (nSPS) is 10.9. The molecule has 0 radical (unpaired) electrons. The molecule has 0 fully saturated rings. The molecule has 2 rings (SSSR count). The van der Waals surface area contributed by atoms with Crippen molar-refractivity contribution < 1.29 is 4.79 Å². The Balaban J connectivity index is 2.00. The first kappa shape index (κ1) is 16.3. The van der Waals surface area contributed by atoms with Crippen molar-refractivity contribution in [2.75, 3.05) is 11.1 Å². The Labute approximate surface area is 132 Å². The van der Waals surface area contributed by atoms with Crippen molar-refractivity contribution >= 4 is 23.4 Å². The molecule has 2 heterocycles. The van der Waals surface area contributed by atoms with E-state index in [9.17, 15) is 9.59 Å². The molecule has 120 valence electrons. The van der Waals surface area contributed by atoms with Crippen LogP contribution in [-0.2, 0) is 18.4 Å². The summed E-state index contributed by atoms with van der Waals surface area (Å²) in [6.45, 7) is 6.31. The molecule has 0 aliphatic rings. The number of amides is 1. The molecule has 0 saturated heterocycles. The van der Waals surface area contributed by atoms with Crippen LogP contribution in [0.2, 0.25) is 0 Å². The molecule has 0 bridgehead atoms. The average Bonchev–Trinajstić information content (AvgIpc) is 2.93. The first-order valence-electron chi connectivity index (χ1n) is 7.02. The van der Waals surface area contributed by atoms with Crippen LogP contribution >= 0.6 is 11.8 Å². The first-order valence-corrected chi connectivity index (χ1v) is 8.00. The zero-order chi connectivity index (χ0) is 16.3. The van der Waals surface area contributed by atoms with Crippen LogP contribution in [0.4, 0.5) is 5.69 Å². The number of aryl methyl sites for hydroxylation is 2. The molecule has 0 aliphatic heterocycles. The number of thioether (sulfide) groups is 1. The van der Waals surface area contributed by atoms with E-state index in [1.807, 2.05) is 27.8 Å². The maximum atomic E-state index is 12.1. The molecule has 0 spiro atoms. The summed E-state index contributed by atoms with van der Waals surface area (Å²) in [6, 6.07) is 0. The lowest BCUT2D eigenvalue weighted by Gasteiger charge is -2.06. The lowest BCUT2D eigenvalue weighted by atomic mass is 10.3. The van der Waals surface area contributed by atoms with Gasteiger partial charge in [-0.25, -0.2) is 9.89 Å². The van der Waals surface area contributed by atoms with Crippen LogP contribution in [0.3, 0.4) is 0 Å². The van der Waals surface area contributed by atoms with E-state index in [1.165, 1.54) is 11.8 Å². The molecular formula is C13H20N6O2S.